The van der Waals surface area contributed by atoms with Gasteiger partial charge >= 0.3 is 6.18 Å². The standard InChI is InChI=1S/C11H14F3N/c1-5-6-7-8(2)9(3)15-10(4)11(12,13)14/h5-7H,4H2,1-3H3/b6-5+,8-7-,15-9?. The molecule has 84 valence electrons. The Hall–Kier alpha value is -1.32. The summed E-state index contributed by atoms with van der Waals surface area (Å²) in [5, 5.41) is 0. The van der Waals surface area contributed by atoms with Crippen molar-refractivity contribution >= 4 is 5.71 Å². The summed E-state index contributed by atoms with van der Waals surface area (Å²) in [5.74, 6) is 0. The van der Waals surface area contributed by atoms with Gasteiger partial charge < -0.3 is 0 Å². The predicted molar refractivity (Wildman–Crippen MR) is 56.9 cm³/mol. The molecule has 0 atom stereocenters. The van der Waals surface area contributed by atoms with Crippen molar-refractivity contribution in [2.45, 2.75) is 26.9 Å². The first-order valence-electron chi connectivity index (χ1n) is 4.40. The first-order chi connectivity index (χ1) is 6.79. The van der Waals surface area contributed by atoms with Gasteiger partial charge in [-0.25, -0.2) is 4.99 Å². The number of halogens is 3. The molecule has 0 saturated heterocycles. The molecule has 0 aromatic rings. The first-order valence-corrected chi connectivity index (χ1v) is 4.40. The molecule has 0 unspecified atom stereocenters. The number of allylic oxidation sites excluding steroid dienone is 5. The van der Waals surface area contributed by atoms with Gasteiger partial charge in [0.2, 0.25) is 0 Å². The molecule has 0 bridgehead atoms. The van der Waals surface area contributed by atoms with E-state index in [1.54, 1.807) is 25.2 Å². The molecule has 0 rings (SSSR count). The van der Waals surface area contributed by atoms with Crippen LogP contribution in [0.1, 0.15) is 20.8 Å². The molecular weight excluding hydrogens is 203 g/mol. The van der Waals surface area contributed by atoms with Gasteiger partial charge in [-0.2, -0.15) is 13.2 Å². The average Bonchev–Trinajstić information content (AvgIpc) is 2.12. The van der Waals surface area contributed by atoms with Crippen LogP contribution in [0.4, 0.5) is 13.2 Å². The monoisotopic (exact) mass is 217 g/mol. The van der Waals surface area contributed by atoms with E-state index in [1.165, 1.54) is 6.92 Å². The molecule has 0 aliphatic rings. The lowest BCUT2D eigenvalue weighted by molar-refractivity contribution is -0.0919. The highest BCUT2D eigenvalue weighted by molar-refractivity contribution is 5.98. The first kappa shape index (κ1) is 13.7. The number of hydrogen-bond donors (Lipinski definition) is 0. The molecule has 1 nitrogen and oxygen atoms in total. The molecular formula is C11H14F3N. The summed E-state index contributed by atoms with van der Waals surface area (Å²) in [6, 6.07) is 0. The lowest BCUT2D eigenvalue weighted by Crippen LogP contribution is -2.10. The Morgan fingerprint density at radius 3 is 2.20 bits per heavy atom. The van der Waals surface area contributed by atoms with Crippen LogP contribution in [0.25, 0.3) is 0 Å². The van der Waals surface area contributed by atoms with Crippen LogP contribution in [0, 0.1) is 0 Å². The van der Waals surface area contributed by atoms with E-state index in [0.717, 1.165) is 0 Å². The molecule has 0 aliphatic carbocycles. The van der Waals surface area contributed by atoms with Gasteiger partial charge in [-0.1, -0.05) is 24.8 Å². The Balaban J connectivity index is 4.79. The minimum atomic E-state index is -4.46. The van der Waals surface area contributed by atoms with Crippen molar-refractivity contribution in [3.05, 3.63) is 36.1 Å². The molecule has 0 N–H and O–H groups in total. The van der Waals surface area contributed by atoms with Crippen LogP contribution in [-0.2, 0) is 0 Å². The zero-order valence-electron chi connectivity index (χ0n) is 9.02. The maximum atomic E-state index is 12.1. The van der Waals surface area contributed by atoms with Gasteiger partial charge in [0.05, 0.1) is 0 Å². The molecule has 0 spiro atoms. The fourth-order valence-electron chi connectivity index (χ4n) is 0.715. The summed E-state index contributed by atoms with van der Waals surface area (Å²) in [5.41, 5.74) is -0.0813. The summed E-state index contributed by atoms with van der Waals surface area (Å²) < 4.78 is 36.3. The number of alkyl halides is 3. The summed E-state index contributed by atoms with van der Waals surface area (Å²) in [7, 11) is 0. The number of nitrogens with zero attached hydrogens (tertiary/aromatic N) is 1. The molecule has 0 heterocycles. The van der Waals surface area contributed by atoms with Crippen LogP contribution in [-0.4, -0.2) is 11.9 Å². The van der Waals surface area contributed by atoms with Crippen molar-refractivity contribution in [1.82, 2.24) is 0 Å². The Morgan fingerprint density at radius 2 is 1.80 bits per heavy atom. The molecule has 0 aliphatic heterocycles. The average molecular weight is 217 g/mol. The van der Waals surface area contributed by atoms with Gasteiger partial charge in [0.25, 0.3) is 0 Å². The van der Waals surface area contributed by atoms with E-state index in [-0.39, 0.29) is 0 Å². The van der Waals surface area contributed by atoms with Crippen LogP contribution in [0.3, 0.4) is 0 Å². The normalized spacial score (nSPS) is 14.8. The zero-order valence-corrected chi connectivity index (χ0v) is 9.02. The summed E-state index contributed by atoms with van der Waals surface area (Å²) >= 11 is 0. The molecule has 4 heteroatoms. The zero-order chi connectivity index (χ0) is 12.1. The fourth-order valence-corrected chi connectivity index (χ4v) is 0.715. The van der Waals surface area contributed by atoms with Crippen LogP contribution >= 0.6 is 0 Å². The van der Waals surface area contributed by atoms with Crippen LogP contribution in [0.5, 0.6) is 0 Å². The Morgan fingerprint density at radius 1 is 1.27 bits per heavy atom. The summed E-state index contributed by atoms with van der Waals surface area (Å²) in [6.07, 6.45) is 0.769. The lowest BCUT2D eigenvalue weighted by Gasteiger charge is -2.06. The molecule has 0 radical (unpaired) electrons. The molecule has 0 amide bonds. The van der Waals surface area contributed by atoms with Crippen molar-refractivity contribution in [3.63, 3.8) is 0 Å². The second-order valence-electron chi connectivity index (χ2n) is 3.02. The van der Waals surface area contributed by atoms with Crippen molar-refractivity contribution in [2.75, 3.05) is 0 Å². The minimum absolute atomic E-state index is 0.315. The van der Waals surface area contributed by atoms with E-state index in [2.05, 4.69) is 11.6 Å². The smallest absolute Gasteiger partial charge is 0.249 e. The largest absolute Gasteiger partial charge is 0.432 e. The number of hydrogen-bond acceptors (Lipinski definition) is 1. The lowest BCUT2D eigenvalue weighted by atomic mass is 10.2. The van der Waals surface area contributed by atoms with E-state index < -0.39 is 11.9 Å². The van der Waals surface area contributed by atoms with E-state index in [9.17, 15) is 13.2 Å². The van der Waals surface area contributed by atoms with Crippen molar-refractivity contribution in [2.24, 2.45) is 4.99 Å². The molecule has 0 fully saturated rings. The topological polar surface area (TPSA) is 12.4 Å². The van der Waals surface area contributed by atoms with Crippen molar-refractivity contribution < 1.29 is 13.2 Å². The maximum absolute atomic E-state index is 12.1. The quantitative estimate of drug-likeness (QED) is 0.499. The van der Waals surface area contributed by atoms with Crippen LogP contribution in [0.15, 0.2) is 41.1 Å². The van der Waals surface area contributed by atoms with Crippen LogP contribution < -0.4 is 0 Å². The Labute approximate surface area is 87.7 Å². The van der Waals surface area contributed by atoms with Crippen LogP contribution in [0.2, 0.25) is 0 Å². The second kappa shape index (κ2) is 5.53. The summed E-state index contributed by atoms with van der Waals surface area (Å²) in [6.45, 7) is 7.91. The van der Waals surface area contributed by atoms with Gasteiger partial charge in [-0.3, -0.25) is 0 Å². The molecule has 0 aromatic carbocycles. The van der Waals surface area contributed by atoms with E-state index in [0.29, 0.717) is 11.3 Å². The third-order valence-electron chi connectivity index (χ3n) is 1.74. The van der Waals surface area contributed by atoms with E-state index >= 15 is 0 Å². The van der Waals surface area contributed by atoms with Gasteiger partial charge in [-0.15, -0.1) is 0 Å². The van der Waals surface area contributed by atoms with Gasteiger partial charge in [0.15, 0.2) is 0 Å². The van der Waals surface area contributed by atoms with Gasteiger partial charge in [0, 0.05) is 5.71 Å². The van der Waals surface area contributed by atoms with E-state index in [1.807, 2.05) is 6.92 Å². The molecule has 0 saturated carbocycles. The predicted octanol–water partition coefficient (Wildman–Crippen LogP) is 4.05. The fraction of sp³-hybridized carbons (Fsp3) is 0.364. The third-order valence-corrected chi connectivity index (χ3v) is 1.74. The number of aliphatic imine (C=N–C) groups is 1. The van der Waals surface area contributed by atoms with Gasteiger partial charge in [-0.05, 0) is 26.3 Å². The highest BCUT2D eigenvalue weighted by atomic mass is 19.4. The SMILES string of the molecule is C=C(N=C(C)/C(C)=C\C=C\C)C(F)(F)F. The van der Waals surface area contributed by atoms with Crippen molar-refractivity contribution in [3.8, 4) is 0 Å². The molecule has 15 heavy (non-hydrogen) atoms. The summed E-state index contributed by atoms with van der Waals surface area (Å²) in [4.78, 5) is 3.40. The third kappa shape index (κ3) is 5.20. The van der Waals surface area contributed by atoms with E-state index in [4.69, 9.17) is 0 Å². The maximum Gasteiger partial charge on any atom is 0.432 e. The molecule has 0 aromatic heterocycles. The highest BCUT2D eigenvalue weighted by Crippen LogP contribution is 2.25. The number of rotatable bonds is 3. The minimum Gasteiger partial charge on any atom is -0.249 e. The van der Waals surface area contributed by atoms with Crippen molar-refractivity contribution in [1.29, 1.82) is 0 Å². The Bertz CT molecular complexity index is 319. The highest BCUT2D eigenvalue weighted by Gasteiger charge is 2.31. The second-order valence-corrected chi connectivity index (χ2v) is 3.02. The Kier molecular flexibility index (Phi) is 5.05. The van der Waals surface area contributed by atoms with Gasteiger partial charge in [0.1, 0.15) is 5.70 Å².